The molecule has 4 N–H and O–H groups in total. The van der Waals surface area contributed by atoms with Crippen molar-refractivity contribution >= 4 is 34.1 Å². The number of amides is 2. The smallest absolute Gasteiger partial charge is 0.303 e. The van der Waals surface area contributed by atoms with Gasteiger partial charge in [-0.3, -0.25) is 14.4 Å². The lowest BCUT2D eigenvalue weighted by atomic mass is 9.85. The summed E-state index contributed by atoms with van der Waals surface area (Å²) in [5.74, 6) is -1.90. The minimum absolute atomic E-state index is 0.0510. The molecule has 0 bridgehead atoms. The standard InChI is InChI=1S/C12H16N2O4S/c1-12(2,6-9(16)17)5-8(15)14-11-7(10(13)18)3-4-19-11/h3-4H,5-6H2,1-2H3,(H2,13,18)(H,14,15)(H,16,17). The highest BCUT2D eigenvalue weighted by molar-refractivity contribution is 7.14. The predicted molar refractivity (Wildman–Crippen MR) is 72.1 cm³/mol. The van der Waals surface area contributed by atoms with E-state index < -0.39 is 17.3 Å². The number of hydrogen-bond acceptors (Lipinski definition) is 4. The molecule has 0 spiro atoms. The fourth-order valence-electron chi connectivity index (χ4n) is 1.68. The molecule has 1 aromatic heterocycles. The van der Waals surface area contributed by atoms with Crippen LogP contribution in [0.5, 0.6) is 0 Å². The van der Waals surface area contributed by atoms with Gasteiger partial charge in [0.2, 0.25) is 5.91 Å². The first kappa shape index (κ1) is 15.2. The molecule has 0 unspecified atom stereocenters. The molecule has 0 atom stereocenters. The monoisotopic (exact) mass is 284 g/mol. The number of rotatable bonds is 6. The first-order chi connectivity index (χ1) is 8.71. The molecule has 0 saturated carbocycles. The fraction of sp³-hybridized carbons (Fsp3) is 0.417. The van der Waals surface area contributed by atoms with E-state index in [4.69, 9.17) is 10.8 Å². The van der Waals surface area contributed by atoms with Crippen LogP contribution in [0.15, 0.2) is 11.4 Å². The van der Waals surface area contributed by atoms with Crippen LogP contribution in [-0.4, -0.2) is 22.9 Å². The highest BCUT2D eigenvalue weighted by Crippen LogP contribution is 2.27. The average Bonchev–Trinajstić information content (AvgIpc) is 2.61. The molecule has 1 rings (SSSR count). The minimum Gasteiger partial charge on any atom is -0.481 e. The van der Waals surface area contributed by atoms with Gasteiger partial charge in [-0.05, 0) is 16.9 Å². The zero-order valence-corrected chi connectivity index (χ0v) is 11.5. The van der Waals surface area contributed by atoms with Gasteiger partial charge in [-0.25, -0.2) is 0 Å². The van der Waals surface area contributed by atoms with Gasteiger partial charge in [-0.1, -0.05) is 13.8 Å². The van der Waals surface area contributed by atoms with Gasteiger partial charge in [0.1, 0.15) is 5.00 Å². The number of hydrogen-bond donors (Lipinski definition) is 3. The topological polar surface area (TPSA) is 109 Å². The number of anilines is 1. The van der Waals surface area contributed by atoms with Crippen molar-refractivity contribution in [2.75, 3.05) is 5.32 Å². The molecule has 1 heterocycles. The highest BCUT2D eigenvalue weighted by atomic mass is 32.1. The van der Waals surface area contributed by atoms with E-state index in [-0.39, 0.29) is 24.3 Å². The van der Waals surface area contributed by atoms with Gasteiger partial charge < -0.3 is 16.2 Å². The molecule has 0 aliphatic heterocycles. The zero-order valence-electron chi connectivity index (χ0n) is 10.7. The largest absolute Gasteiger partial charge is 0.481 e. The first-order valence-corrected chi connectivity index (χ1v) is 6.48. The van der Waals surface area contributed by atoms with Gasteiger partial charge in [0.15, 0.2) is 0 Å². The number of nitrogens with two attached hydrogens (primary N) is 1. The summed E-state index contributed by atoms with van der Waals surface area (Å²) in [6.45, 7) is 3.40. The summed E-state index contributed by atoms with van der Waals surface area (Å²) in [5.41, 5.74) is 4.77. The van der Waals surface area contributed by atoms with Crippen LogP contribution in [0.4, 0.5) is 5.00 Å². The van der Waals surface area contributed by atoms with E-state index in [1.54, 1.807) is 19.2 Å². The van der Waals surface area contributed by atoms with E-state index in [2.05, 4.69) is 5.32 Å². The molecule has 6 nitrogen and oxygen atoms in total. The third kappa shape index (κ3) is 4.70. The first-order valence-electron chi connectivity index (χ1n) is 5.60. The van der Waals surface area contributed by atoms with Crippen molar-refractivity contribution in [3.63, 3.8) is 0 Å². The number of primary amides is 1. The Kier molecular flexibility index (Phi) is 4.66. The van der Waals surface area contributed by atoms with E-state index >= 15 is 0 Å². The summed E-state index contributed by atoms with van der Waals surface area (Å²) < 4.78 is 0. The van der Waals surface area contributed by atoms with E-state index in [9.17, 15) is 14.4 Å². The van der Waals surface area contributed by atoms with E-state index in [1.807, 2.05) is 0 Å². The van der Waals surface area contributed by atoms with Crippen molar-refractivity contribution < 1.29 is 19.5 Å². The Hall–Kier alpha value is -1.89. The second-order valence-electron chi connectivity index (χ2n) is 4.99. The number of carboxylic acid groups (broad SMARTS) is 1. The van der Waals surface area contributed by atoms with Crippen LogP contribution in [0.3, 0.4) is 0 Å². The summed E-state index contributed by atoms with van der Waals surface area (Å²) in [6, 6.07) is 1.53. The molecule has 0 fully saturated rings. The number of carbonyl (C=O) groups excluding carboxylic acids is 2. The Balaban J connectivity index is 2.68. The second kappa shape index (κ2) is 5.83. The Bertz CT molecular complexity index is 508. The normalized spacial score (nSPS) is 11.1. The van der Waals surface area contributed by atoms with Crippen LogP contribution in [-0.2, 0) is 9.59 Å². The maximum Gasteiger partial charge on any atom is 0.303 e. The summed E-state index contributed by atoms with van der Waals surface area (Å²) in [7, 11) is 0. The van der Waals surface area contributed by atoms with Crippen molar-refractivity contribution in [1.29, 1.82) is 0 Å². The maximum atomic E-state index is 11.8. The van der Waals surface area contributed by atoms with E-state index in [0.29, 0.717) is 5.00 Å². The number of thiophene rings is 1. The summed E-state index contributed by atoms with van der Waals surface area (Å²) in [6.07, 6.45) is -0.0526. The molecule has 0 aliphatic carbocycles. The lowest BCUT2D eigenvalue weighted by Gasteiger charge is -2.21. The summed E-state index contributed by atoms with van der Waals surface area (Å²) in [5, 5.41) is 13.4. The van der Waals surface area contributed by atoms with E-state index in [0.717, 1.165) is 0 Å². The zero-order chi connectivity index (χ0) is 14.6. The molecule has 0 radical (unpaired) electrons. The van der Waals surface area contributed by atoms with Gasteiger partial charge in [0.25, 0.3) is 5.91 Å². The lowest BCUT2D eigenvalue weighted by Crippen LogP contribution is -2.25. The summed E-state index contributed by atoms with van der Waals surface area (Å²) in [4.78, 5) is 33.6. The average molecular weight is 284 g/mol. The van der Waals surface area contributed by atoms with Gasteiger partial charge in [-0.2, -0.15) is 0 Å². The maximum absolute atomic E-state index is 11.8. The van der Waals surface area contributed by atoms with Crippen LogP contribution < -0.4 is 11.1 Å². The van der Waals surface area contributed by atoms with Crippen LogP contribution in [0, 0.1) is 5.41 Å². The van der Waals surface area contributed by atoms with E-state index in [1.165, 1.54) is 17.4 Å². The number of nitrogens with one attached hydrogen (secondary N) is 1. The molecule has 1 aromatic rings. The van der Waals surface area contributed by atoms with Crippen molar-refractivity contribution in [1.82, 2.24) is 0 Å². The Morgan fingerprint density at radius 3 is 2.53 bits per heavy atom. The molecular weight excluding hydrogens is 268 g/mol. The van der Waals surface area contributed by atoms with Crippen molar-refractivity contribution in [2.45, 2.75) is 26.7 Å². The molecule has 19 heavy (non-hydrogen) atoms. The fourth-order valence-corrected chi connectivity index (χ4v) is 2.49. The molecule has 104 valence electrons. The molecule has 0 aliphatic rings. The van der Waals surface area contributed by atoms with Crippen LogP contribution in [0.2, 0.25) is 0 Å². The molecule has 7 heteroatoms. The molecule has 0 aromatic carbocycles. The SMILES string of the molecule is CC(C)(CC(=O)O)CC(=O)Nc1sccc1C(N)=O. The number of aliphatic carboxylic acids is 1. The minimum atomic E-state index is -0.952. The second-order valence-corrected chi connectivity index (χ2v) is 5.90. The summed E-state index contributed by atoms with van der Waals surface area (Å²) >= 11 is 1.20. The molecular formula is C12H16N2O4S. The number of carbonyl (C=O) groups is 3. The van der Waals surface area contributed by atoms with Crippen molar-refractivity contribution in [2.24, 2.45) is 11.1 Å². The number of carboxylic acids is 1. The quantitative estimate of drug-likeness (QED) is 0.738. The Labute approximate surface area is 114 Å². The molecule has 0 saturated heterocycles. The third-order valence-electron chi connectivity index (χ3n) is 2.45. The van der Waals surface area contributed by atoms with Gasteiger partial charge >= 0.3 is 5.97 Å². The van der Waals surface area contributed by atoms with Crippen LogP contribution >= 0.6 is 11.3 Å². The van der Waals surface area contributed by atoms with Crippen molar-refractivity contribution in [3.8, 4) is 0 Å². The van der Waals surface area contributed by atoms with Crippen LogP contribution in [0.1, 0.15) is 37.0 Å². The van der Waals surface area contributed by atoms with Crippen molar-refractivity contribution in [3.05, 3.63) is 17.0 Å². The Morgan fingerprint density at radius 1 is 1.37 bits per heavy atom. The highest BCUT2D eigenvalue weighted by Gasteiger charge is 2.26. The van der Waals surface area contributed by atoms with Crippen LogP contribution in [0.25, 0.3) is 0 Å². The van der Waals surface area contributed by atoms with Gasteiger partial charge in [-0.15, -0.1) is 11.3 Å². The van der Waals surface area contributed by atoms with Gasteiger partial charge in [0.05, 0.1) is 12.0 Å². The Morgan fingerprint density at radius 2 is 2.00 bits per heavy atom. The lowest BCUT2D eigenvalue weighted by molar-refractivity contribution is -0.139. The third-order valence-corrected chi connectivity index (χ3v) is 3.28. The van der Waals surface area contributed by atoms with Gasteiger partial charge in [0, 0.05) is 6.42 Å². The molecule has 2 amide bonds. The predicted octanol–water partition coefficient (Wildman–Crippen LogP) is 1.68.